The van der Waals surface area contributed by atoms with Gasteiger partial charge in [-0.25, -0.2) is 0 Å². The molecule has 2 nitrogen and oxygen atoms in total. The number of para-hydroxylation sites is 1. The Bertz CT molecular complexity index is 679. The average molecular weight is 279 g/mol. The minimum absolute atomic E-state index is 0.148. The lowest BCUT2D eigenvalue weighted by Crippen LogP contribution is -2.05. The summed E-state index contributed by atoms with van der Waals surface area (Å²) in [7, 11) is 0. The van der Waals surface area contributed by atoms with Crippen molar-refractivity contribution in [3.05, 3.63) is 65.9 Å². The lowest BCUT2D eigenvalue weighted by Gasteiger charge is -2.13. The van der Waals surface area contributed by atoms with Crippen molar-refractivity contribution in [1.29, 1.82) is 0 Å². The molecule has 1 N–H and O–H groups in total. The number of fused-ring (bicyclic) bond motifs is 1. The zero-order valence-corrected chi connectivity index (χ0v) is 12.6. The fraction of sp³-hybridized carbons (Fsp3) is 0.263. The monoisotopic (exact) mass is 279 g/mol. The van der Waals surface area contributed by atoms with Crippen molar-refractivity contribution in [3.63, 3.8) is 0 Å². The Morgan fingerprint density at radius 3 is 2.52 bits per heavy atom. The van der Waals surface area contributed by atoms with Crippen LogP contribution >= 0.6 is 0 Å². The minimum atomic E-state index is 0.148. The molecule has 2 heteroatoms. The van der Waals surface area contributed by atoms with Gasteiger partial charge in [-0.15, -0.1) is 0 Å². The Morgan fingerprint density at radius 2 is 1.81 bits per heavy atom. The van der Waals surface area contributed by atoms with Gasteiger partial charge >= 0.3 is 0 Å². The number of hydrogen-bond donors (Lipinski definition) is 1. The van der Waals surface area contributed by atoms with Gasteiger partial charge in [0.1, 0.15) is 11.3 Å². The predicted molar refractivity (Wildman–Crippen MR) is 88.7 cm³/mol. The molecule has 1 atom stereocenters. The topological polar surface area (TPSA) is 25.2 Å². The summed E-state index contributed by atoms with van der Waals surface area (Å²) in [5.41, 5.74) is 3.46. The number of benzene rings is 2. The van der Waals surface area contributed by atoms with Crippen LogP contribution in [0.2, 0.25) is 0 Å². The molecule has 1 unspecified atom stereocenters. The molecule has 0 fully saturated rings. The Balaban J connectivity index is 1.74. The largest absolute Gasteiger partial charge is 0.459 e. The molecule has 0 amide bonds. The molecule has 108 valence electrons. The fourth-order valence-corrected chi connectivity index (χ4v) is 2.59. The maximum Gasteiger partial charge on any atom is 0.134 e. The Labute approximate surface area is 125 Å². The molecule has 0 radical (unpaired) electrons. The Kier molecular flexibility index (Phi) is 3.96. The van der Waals surface area contributed by atoms with Crippen molar-refractivity contribution in [3.8, 4) is 0 Å². The zero-order valence-electron chi connectivity index (χ0n) is 12.6. The maximum atomic E-state index is 5.90. The minimum Gasteiger partial charge on any atom is -0.459 e. The molecule has 0 saturated carbocycles. The van der Waals surface area contributed by atoms with Crippen molar-refractivity contribution in [1.82, 2.24) is 0 Å². The molecule has 3 aromatic rings. The van der Waals surface area contributed by atoms with Gasteiger partial charge < -0.3 is 9.73 Å². The van der Waals surface area contributed by atoms with Crippen LogP contribution in [-0.4, -0.2) is 0 Å². The van der Waals surface area contributed by atoms with Gasteiger partial charge in [0.25, 0.3) is 0 Å². The van der Waals surface area contributed by atoms with Gasteiger partial charge in [-0.05, 0) is 43.2 Å². The third-order valence-corrected chi connectivity index (χ3v) is 3.75. The highest BCUT2D eigenvalue weighted by molar-refractivity contribution is 5.77. The van der Waals surface area contributed by atoms with Crippen LogP contribution < -0.4 is 5.32 Å². The van der Waals surface area contributed by atoms with Gasteiger partial charge in [-0.3, -0.25) is 0 Å². The first kappa shape index (κ1) is 13.7. The Hall–Kier alpha value is -2.22. The zero-order chi connectivity index (χ0) is 14.7. The molecule has 0 aliphatic rings. The van der Waals surface area contributed by atoms with Crippen LogP contribution in [0.5, 0.6) is 0 Å². The maximum absolute atomic E-state index is 5.90. The summed E-state index contributed by atoms with van der Waals surface area (Å²) in [6, 6.07) is 19.0. The first-order valence-corrected chi connectivity index (χ1v) is 7.60. The fourth-order valence-electron chi connectivity index (χ4n) is 2.59. The van der Waals surface area contributed by atoms with Gasteiger partial charge in [0.2, 0.25) is 0 Å². The van der Waals surface area contributed by atoms with Crippen molar-refractivity contribution < 1.29 is 4.42 Å². The normalized spacial score (nSPS) is 12.5. The first-order valence-electron chi connectivity index (χ1n) is 7.60. The van der Waals surface area contributed by atoms with Crippen LogP contribution in [0.15, 0.2) is 59.0 Å². The van der Waals surface area contributed by atoms with Gasteiger partial charge in [0.05, 0.1) is 6.04 Å². The van der Waals surface area contributed by atoms with Crippen molar-refractivity contribution in [2.45, 2.75) is 32.7 Å². The summed E-state index contributed by atoms with van der Waals surface area (Å²) in [4.78, 5) is 0. The van der Waals surface area contributed by atoms with Crippen LogP contribution in [0.3, 0.4) is 0 Å². The summed E-state index contributed by atoms with van der Waals surface area (Å²) in [5.74, 6) is 0.967. The number of rotatable bonds is 5. The highest BCUT2D eigenvalue weighted by Crippen LogP contribution is 2.26. The van der Waals surface area contributed by atoms with E-state index < -0.39 is 0 Å². The average Bonchev–Trinajstić information content (AvgIpc) is 2.94. The summed E-state index contributed by atoms with van der Waals surface area (Å²) >= 11 is 0. The standard InChI is InChI=1S/C19H21NO/c1-3-6-15-9-11-17(12-10-15)20-14(2)19-13-16-7-4-5-8-18(16)21-19/h4-5,7-14,20H,3,6H2,1-2H3. The van der Waals surface area contributed by atoms with E-state index in [0.717, 1.165) is 28.8 Å². The van der Waals surface area contributed by atoms with Crippen LogP contribution in [0.25, 0.3) is 11.0 Å². The third kappa shape index (κ3) is 3.10. The number of aryl methyl sites for hydroxylation is 1. The first-order chi connectivity index (χ1) is 10.3. The lowest BCUT2D eigenvalue weighted by atomic mass is 10.1. The summed E-state index contributed by atoms with van der Waals surface area (Å²) < 4.78 is 5.90. The van der Waals surface area contributed by atoms with Crippen LogP contribution in [-0.2, 0) is 6.42 Å². The molecule has 0 spiro atoms. The second-order valence-corrected chi connectivity index (χ2v) is 5.50. The summed E-state index contributed by atoms with van der Waals surface area (Å²) in [6.45, 7) is 4.33. The van der Waals surface area contributed by atoms with Crippen LogP contribution in [0.4, 0.5) is 5.69 Å². The predicted octanol–water partition coefficient (Wildman–Crippen LogP) is 5.56. The molecule has 0 aliphatic heterocycles. The highest BCUT2D eigenvalue weighted by atomic mass is 16.3. The molecule has 3 rings (SSSR count). The molecular weight excluding hydrogens is 258 g/mol. The number of furan rings is 1. The van der Waals surface area contributed by atoms with Crippen molar-refractivity contribution in [2.75, 3.05) is 5.32 Å². The molecular formula is C19H21NO. The SMILES string of the molecule is CCCc1ccc(NC(C)c2cc3ccccc3o2)cc1. The van der Waals surface area contributed by atoms with E-state index >= 15 is 0 Å². The molecule has 21 heavy (non-hydrogen) atoms. The van der Waals surface area contributed by atoms with E-state index in [2.05, 4.69) is 55.6 Å². The van der Waals surface area contributed by atoms with Gasteiger partial charge in [0, 0.05) is 11.1 Å². The molecule has 1 heterocycles. The van der Waals surface area contributed by atoms with E-state index in [1.54, 1.807) is 0 Å². The van der Waals surface area contributed by atoms with E-state index in [4.69, 9.17) is 4.42 Å². The Morgan fingerprint density at radius 1 is 1.05 bits per heavy atom. The second-order valence-electron chi connectivity index (χ2n) is 5.50. The second kappa shape index (κ2) is 6.04. The number of nitrogens with one attached hydrogen (secondary N) is 1. The summed E-state index contributed by atoms with van der Waals surface area (Å²) in [6.07, 6.45) is 2.32. The van der Waals surface area contributed by atoms with Gasteiger partial charge in [-0.2, -0.15) is 0 Å². The van der Waals surface area contributed by atoms with Crippen molar-refractivity contribution in [2.24, 2.45) is 0 Å². The molecule has 0 bridgehead atoms. The van der Waals surface area contributed by atoms with Crippen LogP contribution in [0, 0.1) is 0 Å². The quantitative estimate of drug-likeness (QED) is 0.661. The molecule has 0 aliphatic carbocycles. The van der Waals surface area contributed by atoms with Gasteiger partial charge in [0.15, 0.2) is 0 Å². The number of anilines is 1. The number of hydrogen-bond acceptors (Lipinski definition) is 2. The van der Waals surface area contributed by atoms with Crippen LogP contribution in [0.1, 0.15) is 37.6 Å². The lowest BCUT2D eigenvalue weighted by molar-refractivity contribution is 0.526. The third-order valence-electron chi connectivity index (χ3n) is 3.75. The highest BCUT2D eigenvalue weighted by Gasteiger charge is 2.11. The molecule has 2 aromatic carbocycles. The van der Waals surface area contributed by atoms with E-state index in [9.17, 15) is 0 Å². The molecule has 0 saturated heterocycles. The van der Waals surface area contributed by atoms with E-state index in [0.29, 0.717) is 0 Å². The molecule has 1 aromatic heterocycles. The van der Waals surface area contributed by atoms with E-state index in [1.807, 2.05) is 18.2 Å². The van der Waals surface area contributed by atoms with E-state index in [-0.39, 0.29) is 6.04 Å². The van der Waals surface area contributed by atoms with E-state index in [1.165, 1.54) is 12.0 Å². The smallest absolute Gasteiger partial charge is 0.134 e. The van der Waals surface area contributed by atoms with Crippen molar-refractivity contribution >= 4 is 16.7 Å². The summed E-state index contributed by atoms with van der Waals surface area (Å²) in [5, 5.41) is 4.65. The van der Waals surface area contributed by atoms with Gasteiger partial charge in [-0.1, -0.05) is 43.7 Å².